The van der Waals surface area contributed by atoms with Gasteiger partial charge >= 0.3 is 12.1 Å². The maximum Gasteiger partial charge on any atom is 0.431 e. The molecule has 0 radical (unpaired) electrons. The van der Waals surface area contributed by atoms with Crippen molar-refractivity contribution in [3.05, 3.63) is 35.9 Å². The molecule has 7 heteroatoms. The number of aliphatic hydroxyl groups excluding tert-OH is 1. The summed E-state index contributed by atoms with van der Waals surface area (Å²) in [6.07, 6.45) is -7.83. The number of hydrogen-bond acceptors (Lipinski definition) is 4. The van der Waals surface area contributed by atoms with Crippen molar-refractivity contribution in [1.29, 1.82) is 0 Å². The highest BCUT2D eigenvalue weighted by Gasteiger charge is 2.65. The zero-order valence-corrected chi connectivity index (χ0v) is 9.31. The Hall–Kier alpha value is -1.60. The van der Waals surface area contributed by atoms with Gasteiger partial charge in [-0.25, -0.2) is 4.79 Å². The molecule has 1 rings (SSSR count). The van der Waals surface area contributed by atoms with Crippen molar-refractivity contribution in [2.75, 3.05) is 7.11 Å². The molecule has 0 saturated carbocycles. The number of esters is 1. The molecule has 4 nitrogen and oxygen atoms in total. The fourth-order valence-electron chi connectivity index (χ4n) is 1.41. The van der Waals surface area contributed by atoms with Crippen LogP contribution in [0.15, 0.2) is 30.3 Å². The van der Waals surface area contributed by atoms with Gasteiger partial charge in [0.1, 0.15) is 6.10 Å². The molecule has 0 aliphatic rings. The highest BCUT2D eigenvalue weighted by atomic mass is 19.4. The number of aliphatic hydroxyl groups is 2. The number of carbonyl (C=O) groups excluding carboxylic acids is 1. The van der Waals surface area contributed by atoms with Crippen LogP contribution in [0.2, 0.25) is 0 Å². The summed E-state index contributed by atoms with van der Waals surface area (Å²) in [6, 6.07) is 6.56. The molecule has 0 amide bonds. The van der Waals surface area contributed by atoms with E-state index in [0.29, 0.717) is 7.11 Å². The Kier molecular flexibility index (Phi) is 3.98. The van der Waals surface area contributed by atoms with Crippen molar-refractivity contribution in [1.82, 2.24) is 0 Å². The highest BCUT2D eigenvalue weighted by molar-refractivity contribution is 5.81. The first kappa shape index (κ1) is 14.5. The molecule has 2 unspecified atom stereocenters. The van der Waals surface area contributed by atoms with Crippen LogP contribution < -0.4 is 0 Å². The predicted octanol–water partition coefficient (Wildman–Crippen LogP) is 1.19. The maximum absolute atomic E-state index is 12.8. The third-order valence-electron chi connectivity index (χ3n) is 2.44. The minimum atomic E-state index is -5.37. The first-order valence-electron chi connectivity index (χ1n) is 4.85. The number of methoxy groups -OCH3 is 1. The first-order valence-corrected chi connectivity index (χ1v) is 4.85. The van der Waals surface area contributed by atoms with Gasteiger partial charge < -0.3 is 14.9 Å². The number of benzene rings is 1. The van der Waals surface area contributed by atoms with E-state index in [1.165, 1.54) is 18.2 Å². The van der Waals surface area contributed by atoms with Crippen molar-refractivity contribution >= 4 is 5.97 Å². The van der Waals surface area contributed by atoms with Crippen LogP contribution in [0.1, 0.15) is 11.7 Å². The Morgan fingerprint density at radius 2 is 1.78 bits per heavy atom. The van der Waals surface area contributed by atoms with Crippen LogP contribution in [0.3, 0.4) is 0 Å². The van der Waals surface area contributed by atoms with E-state index < -0.39 is 23.9 Å². The molecule has 0 saturated heterocycles. The topological polar surface area (TPSA) is 66.8 Å². The van der Waals surface area contributed by atoms with E-state index in [-0.39, 0.29) is 5.56 Å². The monoisotopic (exact) mass is 264 g/mol. The van der Waals surface area contributed by atoms with Gasteiger partial charge in [0.2, 0.25) is 0 Å². The summed E-state index contributed by atoms with van der Waals surface area (Å²) in [7, 11) is 0.691. The summed E-state index contributed by atoms with van der Waals surface area (Å²) in [5.41, 5.74) is -4.24. The SMILES string of the molecule is COC(=O)C(O)(C(O)c1ccccc1)C(F)(F)F. The molecule has 0 aromatic heterocycles. The molecule has 0 fully saturated rings. The van der Waals surface area contributed by atoms with Crippen LogP contribution in [0.4, 0.5) is 13.2 Å². The van der Waals surface area contributed by atoms with E-state index in [1.54, 1.807) is 0 Å². The van der Waals surface area contributed by atoms with E-state index >= 15 is 0 Å². The lowest BCUT2D eigenvalue weighted by atomic mass is 9.90. The van der Waals surface area contributed by atoms with Crippen molar-refractivity contribution < 1.29 is 32.9 Å². The molecule has 0 aliphatic heterocycles. The Bertz CT molecular complexity index is 418. The van der Waals surface area contributed by atoms with E-state index in [1.807, 2.05) is 0 Å². The van der Waals surface area contributed by atoms with E-state index in [2.05, 4.69) is 4.74 Å². The van der Waals surface area contributed by atoms with Gasteiger partial charge in [-0.05, 0) is 5.56 Å². The predicted molar refractivity (Wildman–Crippen MR) is 54.4 cm³/mol. The number of ether oxygens (including phenoxy) is 1. The minimum Gasteiger partial charge on any atom is -0.467 e. The van der Waals surface area contributed by atoms with Crippen molar-refractivity contribution in [3.8, 4) is 0 Å². The molecule has 0 bridgehead atoms. The average Bonchev–Trinajstić information content (AvgIpc) is 2.35. The van der Waals surface area contributed by atoms with Crippen molar-refractivity contribution in [2.45, 2.75) is 17.9 Å². The van der Waals surface area contributed by atoms with Crippen LogP contribution in [-0.4, -0.2) is 35.1 Å². The summed E-state index contributed by atoms with van der Waals surface area (Å²) in [5, 5.41) is 19.1. The van der Waals surface area contributed by atoms with Gasteiger partial charge in [0.15, 0.2) is 0 Å². The number of rotatable bonds is 3. The molecular formula is C11H11F3O4. The van der Waals surface area contributed by atoms with Gasteiger partial charge in [-0.2, -0.15) is 13.2 Å². The minimum absolute atomic E-state index is 0.247. The Morgan fingerprint density at radius 3 is 2.17 bits per heavy atom. The van der Waals surface area contributed by atoms with E-state index in [9.17, 15) is 28.2 Å². The first-order chi connectivity index (χ1) is 8.25. The fraction of sp³-hybridized carbons (Fsp3) is 0.364. The van der Waals surface area contributed by atoms with E-state index in [0.717, 1.165) is 12.1 Å². The van der Waals surface area contributed by atoms with Crippen molar-refractivity contribution in [3.63, 3.8) is 0 Å². The van der Waals surface area contributed by atoms with Crippen LogP contribution >= 0.6 is 0 Å². The smallest absolute Gasteiger partial charge is 0.431 e. The fourth-order valence-corrected chi connectivity index (χ4v) is 1.41. The van der Waals surface area contributed by atoms with Gasteiger partial charge in [0.25, 0.3) is 5.60 Å². The van der Waals surface area contributed by atoms with Gasteiger partial charge in [0.05, 0.1) is 7.11 Å². The summed E-state index contributed by atoms with van der Waals surface area (Å²) < 4.78 is 42.2. The van der Waals surface area contributed by atoms with E-state index in [4.69, 9.17) is 0 Å². The lowest BCUT2D eigenvalue weighted by Crippen LogP contribution is -2.57. The molecule has 0 aliphatic carbocycles. The molecule has 0 spiro atoms. The molecule has 18 heavy (non-hydrogen) atoms. The summed E-state index contributed by atoms with van der Waals surface area (Å²) in [4.78, 5) is 11.1. The third-order valence-corrected chi connectivity index (χ3v) is 2.44. The standard InChI is InChI=1S/C11H11F3O4/c1-18-9(16)10(17,11(12,13)14)8(15)7-5-3-2-4-6-7/h2-6,8,15,17H,1H3. The number of hydrogen-bond donors (Lipinski definition) is 2. The molecule has 1 aromatic carbocycles. The molecule has 2 atom stereocenters. The largest absolute Gasteiger partial charge is 0.467 e. The molecule has 1 aromatic rings. The van der Waals surface area contributed by atoms with Crippen LogP contribution in [-0.2, 0) is 9.53 Å². The molecule has 100 valence electrons. The second-order valence-electron chi connectivity index (χ2n) is 3.57. The number of halogens is 3. The lowest BCUT2D eigenvalue weighted by Gasteiger charge is -2.31. The normalized spacial score (nSPS) is 16.8. The quantitative estimate of drug-likeness (QED) is 0.805. The van der Waals surface area contributed by atoms with Gasteiger partial charge in [-0.1, -0.05) is 30.3 Å². The zero-order valence-electron chi connectivity index (χ0n) is 9.31. The summed E-state index contributed by atoms with van der Waals surface area (Å²) in [6.45, 7) is 0. The summed E-state index contributed by atoms with van der Waals surface area (Å²) >= 11 is 0. The highest BCUT2D eigenvalue weighted by Crippen LogP contribution is 2.40. The Morgan fingerprint density at radius 1 is 1.28 bits per heavy atom. The van der Waals surface area contributed by atoms with Crippen LogP contribution in [0, 0.1) is 0 Å². The maximum atomic E-state index is 12.8. The second-order valence-corrected chi connectivity index (χ2v) is 3.57. The van der Waals surface area contributed by atoms with Gasteiger partial charge in [-0.15, -0.1) is 0 Å². The lowest BCUT2D eigenvalue weighted by molar-refractivity contribution is -0.288. The molecule has 0 heterocycles. The molecule has 2 N–H and O–H groups in total. The van der Waals surface area contributed by atoms with Crippen LogP contribution in [0.25, 0.3) is 0 Å². The average molecular weight is 264 g/mol. The van der Waals surface area contributed by atoms with Gasteiger partial charge in [0, 0.05) is 0 Å². The van der Waals surface area contributed by atoms with Crippen molar-refractivity contribution in [2.24, 2.45) is 0 Å². The number of carbonyl (C=O) groups is 1. The molecular weight excluding hydrogens is 253 g/mol. The third kappa shape index (κ3) is 2.32. The van der Waals surface area contributed by atoms with Gasteiger partial charge in [-0.3, -0.25) is 0 Å². The second kappa shape index (κ2) is 4.95. The number of alkyl halides is 3. The Labute approximate surface area is 101 Å². The Balaban J connectivity index is 3.25. The van der Waals surface area contributed by atoms with Crippen LogP contribution in [0.5, 0.6) is 0 Å². The summed E-state index contributed by atoms with van der Waals surface area (Å²) in [5.74, 6) is -1.97. The zero-order chi connectivity index (χ0) is 14.0.